The summed E-state index contributed by atoms with van der Waals surface area (Å²) < 4.78 is 16.2. The Morgan fingerprint density at radius 1 is 0.957 bits per heavy atom. The molecule has 0 aliphatic heterocycles. The van der Waals surface area contributed by atoms with Crippen LogP contribution in [-0.4, -0.2) is 26.0 Å². The lowest BCUT2D eigenvalue weighted by atomic mass is 10.1. The summed E-state index contributed by atoms with van der Waals surface area (Å²) in [6, 6.07) is 9.69. The first-order valence-corrected chi connectivity index (χ1v) is 7.51. The molecule has 0 unspecified atom stereocenters. The zero-order valence-electron chi connectivity index (χ0n) is 12.9. The number of hydrogen-bond acceptors (Lipinski definition) is 5. The number of ether oxygens (including phenoxy) is 3. The predicted molar refractivity (Wildman–Crippen MR) is 88.7 cm³/mol. The Labute approximate surface area is 142 Å². The molecule has 2 aromatic carbocycles. The molecule has 2 rings (SSSR count). The van der Waals surface area contributed by atoms with E-state index in [-0.39, 0.29) is 11.5 Å². The van der Waals surface area contributed by atoms with Gasteiger partial charge in [0.1, 0.15) is 5.75 Å². The van der Waals surface area contributed by atoms with Gasteiger partial charge in [0.05, 0.1) is 24.3 Å². The number of benzene rings is 2. The number of hydrogen-bond donors (Lipinski definition) is 0. The molecule has 2 aromatic rings. The van der Waals surface area contributed by atoms with Gasteiger partial charge in [-0.3, -0.25) is 4.79 Å². The van der Waals surface area contributed by atoms with Crippen LogP contribution in [0.5, 0.6) is 17.2 Å². The van der Waals surface area contributed by atoms with Gasteiger partial charge in [-0.05, 0) is 53.2 Å². The molecule has 6 heteroatoms. The molecule has 0 atom stereocenters. The Morgan fingerprint density at radius 2 is 1.65 bits per heavy atom. The third-order valence-corrected chi connectivity index (χ3v) is 3.99. The number of carbonyl (C=O) groups excluding carboxylic acids is 2. The highest BCUT2D eigenvalue weighted by molar-refractivity contribution is 9.10. The summed E-state index contributed by atoms with van der Waals surface area (Å²) in [6.07, 6.45) is 0. The van der Waals surface area contributed by atoms with Crippen LogP contribution in [-0.2, 0) is 0 Å². The van der Waals surface area contributed by atoms with Crippen molar-refractivity contribution in [1.29, 1.82) is 0 Å². The molecular weight excluding hydrogens is 364 g/mol. The van der Waals surface area contributed by atoms with E-state index in [1.807, 2.05) is 0 Å². The Bertz CT molecular complexity index is 755. The SMILES string of the molecule is COc1ccc(C(C)=O)cc1OC(=O)c1cccc(OC)c1Br. The molecule has 0 spiro atoms. The van der Waals surface area contributed by atoms with Crippen LogP contribution in [0, 0.1) is 0 Å². The van der Waals surface area contributed by atoms with Crippen LogP contribution in [0.2, 0.25) is 0 Å². The van der Waals surface area contributed by atoms with Crippen LogP contribution in [0.4, 0.5) is 0 Å². The second-order valence-electron chi connectivity index (χ2n) is 4.63. The Kier molecular flexibility index (Phi) is 5.39. The van der Waals surface area contributed by atoms with Crippen molar-refractivity contribution in [3.8, 4) is 17.2 Å². The van der Waals surface area contributed by atoms with Gasteiger partial charge >= 0.3 is 5.97 Å². The fraction of sp³-hybridized carbons (Fsp3) is 0.176. The van der Waals surface area contributed by atoms with Crippen LogP contribution in [0.15, 0.2) is 40.9 Å². The minimum absolute atomic E-state index is 0.132. The first kappa shape index (κ1) is 17.0. The van der Waals surface area contributed by atoms with E-state index in [1.165, 1.54) is 27.2 Å². The van der Waals surface area contributed by atoms with Crippen molar-refractivity contribution in [3.63, 3.8) is 0 Å². The van der Waals surface area contributed by atoms with Crippen LogP contribution in [0.25, 0.3) is 0 Å². The average Bonchev–Trinajstić information content (AvgIpc) is 2.54. The topological polar surface area (TPSA) is 61.8 Å². The summed E-state index contributed by atoms with van der Waals surface area (Å²) in [5, 5.41) is 0. The lowest BCUT2D eigenvalue weighted by Gasteiger charge is -2.12. The maximum atomic E-state index is 12.4. The van der Waals surface area contributed by atoms with E-state index < -0.39 is 5.97 Å². The number of ketones is 1. The van der Waals surface area contributed by atoms with Crippen LogP contribution < -0.4 is 14.2 Å². The quantitative estimate of drug-likeness (QED) is 0.448. The molecule has 0 saturated heterocycles. The normalized spacial score (nSPS) is 10.1. The minimum Gasteiger partial charge on any atom is -0.496 e. The van der Waals surface area contributed by atoms with E-state index in [1.54, 1.807) is 30.3 Å². The molecule has 5 nitrogen and oxygen atoms in total. The van der Waals surface area contributed by atoms with Gasteiger partial charge in [-0.25, -0.2) is 4.79 Å². The predicted octanol–water partition coefficient (Wildman–Crippen LogP) is 3.89. The summed E-state index contributed by atoms with van der Waals surface area (Å²) in [6.45, 7) is 1.44. The largest absolute Gasteiger partial charge is 0.496 e. The van der Waals surface area contributed by atoms with Crippen LogP contribution in [0.1, 0.15) is 27.6 Å². The molecule has 23 heavy (non-hydrogen) atoms. The van der Waals surface area contributed by atoms with Crippen LogP contribution >= 0.6 is 15.9 Å². The van der Waals surface area contributed by atoms with Gasteiger partial charge in [-0.15, -0.1) is 0 Å². The zero-order chi connectivity index (χ0) is 17.0. The molecule has 120 valence electrons. The Balaban J connectivity index is 2.37. The second-order valence-corrected chi connectivity index (χ2v) is 5.43. The maximum Gasteiger partial charge on any atom is 0.344 e. The zero-order valence-corrected chi connectivity index (χ0v) is 14.5. The molecule has 0 aromatic heterocycles. The van der Waals surface area contributed by atoms with Crippen molar-refractivity contribution in [2.75, 3.05) is 14.2 Å². The van der Waals surface area contributed by atoms with Crippen molar-refractivity contribution in [1.82, 2.24) is 0 Å². The van der Waals surface area contributed by atoms with Gasteiger partial charge in [0, 0.05) is 5.56 Å². The van der Waals surface area contributed by atoms with E-state index in [2.05, 4.69) is 15.9 Å². The Hall–Kier alpha value is -2.34. The highest BCUT2D eigenvalue weighted by Gasteiger charge is 2.18. The fourth-order valence-corrected chi connectivity index (χ4v) is 2.54. The molecule has 0 fully saturated rings. The van der Waals surface area contributed by atoms with Crippen molar-refractivity contribution in [3.05, 3.63) is 52.0 Å². The van der Waals surface area contributed by atoms with Gasteiger partial charge in [0.25, 0.3) is 0 Å². The Morgan fingerprint density at radius 3 is 2.26 bits per heavy atom. The number of methoxy groups -OCH3 is 2. The number of esters is 1. The van der Waals surface area contributed by atoms with Gasteiger partial charge in [-0.2, -0.15) is 0 Å². The van der Waals surface area contributed by atoms with Gasteiger partial charge < -0.3 is 14.2 Å². The lowest BCUT2D eigenvalue weighted by Crippen LogP contribution is -2.11. The van der Waals surface area contributed by atoms with E-state index in [0.29, 0.717) is 27.1 Å². The van der Waals surface area contributed by atoms with Gasteiger partial charge in [-0.1, -0.05) is 6.07 Å². The fourth-order valence-electron chi connectivity index (χ4n) is 1.96. The summed E-state index contributed by atoms with van der Waals surface area (Å²) in [5.41, 5.74) is 0.734. The van der Waals surface area contributed by atoms with E-state index in [9.17, 15) is 9.59 Å². The smallest absolute Gasteiger partial charge is 0.344 e. The van der Waals surface area contributed by atoms with Crippen LogP contribution in [0.3, 0.4) is 0 Å². The first-order chi connectivity index (χ1) is 11.0. The van der Waals surface area contributed by atoms with Crippen molar-refractivity contribution in [2.45, 2.75) is 6.92 Å². The average molecular weight is 379 g/mol. The van der Waals surface area contributed by atoms with Gasteiger partial charge in [0.15, 0.2) is 17.3 Å². The monoisotopic (exact) mass is 378 g/mol. The van der Waals surface area contributed by atoms with Crippen molar-refractivity contribution in [2.24, 2.45) is 0 Å². The highest BCUT2D eigenvalue weighted by atomic mass is 79.9. The number of carbonyl (C=O) groups is 2. The van der Waals surface area contributed by atoms with E-state index in [0.717, 1.165) is 0 Å². The summed E-state index contributed by atoms with van der Waals surface area (Å²) in [7, 11) is 2.97. The molecule has 0 amide bonds. The second kappa shape index (κ2) is 7.28. The summed E-state index contributed by atoms with van der Waals surface area (Å²) in [5.74, 6) is 0.341. The first-order valence-electron chi connectivity index (χ1n) is 6.71. The standard InChI is InChI=1S/C17H15BrO5/c1-10(19)11-7-8-13(21-2)15(9-11)23-17(20)12-5-4-6-14(22-3)16(12)18/h4-9H,1-3H3. The highest BCUT2D eigenvalue weighted by Crippen LogP contribution is 2.32. The lowest BCUT2D eigenvalue weighted by molar-refractivity contribution is 0.0727. The number of Topliss-reactive ketones (excluding diaryl/α,β-unsaturated/α-hetero) is 1. The van der Waals surface area contributed by atoms with Gasteiger partial charge in [0.2, 0.25) is 0 Å². The number of halogens is 1. The van der Waals surface area contributed by atoms with E-state index in [4.69, 9.17) is 14.2 Å². The molecule has 0 bridgehead atoms. The number of rotatable bonds is 5. The summed E-state index contributed by atoms with van der Waals surface area (Å²) in [4.78, 5) is 23.9. The van der Waals surface area contributed by atoms with Crippen molar-refractivity contribution >= 4 is 27.7 Å². The molecule has 0 N–H and O–H groups in total. The maximum absolute atomic E-state index is 12.4. The third-order valence-electron chi connectivity index (χ3n) is 3.18. The minimum atomic E-state index is -0.588. The molecule has 0 saturated carbocycles. The molecule has 0 aliphatic carbocycles. The molecule has 0 heterocycles. The third kappa shape index (κ3) is 3.71. The molecular formula is C17H15BrO5. The molecule has 0 radical (unpaired) electrons. The summed E-state index contributed by atoms with van der Waals surface area (Å²) >= 11 is 3.32. The molecule has 0 aliphatic rings. The van der Waals surface area contributed by atoms with Crippen molar-refractivity contribution < 1.29 is 23.8 Å². The van der Waals surface area contributed by atoms with E-state index >= 15 is 0 Å².